The number of halogens is 3. The highest BCUT2D eigenvalue weighted by atomic mass is 19.3. The first-order valence-corrected chi connectivity index (χ1v) is 5.52. The second-order valence-corrected chi connectivity index (χ2v) is 3.72. The molecule has 0 fully saturated rings. The van der Waals surface area contributed by atoms with Gasteiger partial charge in [0.15, 0.2) is 11.6 Å². The molecule has 0 spiro atoms. The van der Waals surface area contributed by atoms with E-state index in [1.807, 2.05) is 0 Å². The third-order valence-corrected chi connectivity index (χ3v) is 2.33. The van der Waals surface area contributed by atoms with Crippen molar-refractivity contribution in [2.45, 2.75) is 6.61 Å². The molecule has 2 aromatic rings. The molecule has 1 N–H and O–H groups in total. The molecule has 1 aromatic heterocycles. The van der Waals surface area contributed by atoms with Gasteiger partial charge in [-0.05, 0) is 24.3 Å². The van der Waals surface area contributed by atoms with E-state index in [1.54, 1.807) is 6.07 Å². The predicted octanol–water partition coefficient (Wildman–Crippen LogP) is 3.07. The summed E-state index contributed by atoms with van der Waals surface area (Å²) < 4.78 is 41.3. The molecule has 0 aliphatic carbocycles. The quantitative estimate of drug-likeness (QED) is 0.937. The zero-order valence-electron chi connectivity index (χ0n) is 10.0. The van der Waals surface area contributed by atoms with Gasteiger partial charge in [0.25, 0.3) is 5.91 Å². The maximum atomic E-state index is 13.4. The number of ether oxygens (including phenoxy) is 1. The average Bonchev–Trinajstić information content (AvgIpc) is 2.42. The van der Waals surface area contributed by atoms with Gasteiger partial charge in [-0.2, -0.15) is 8.78 Å². The molecular formula is C13H9F3N2O2. The maximum absolute atomic E-state index is 13.4. The molecule has 0 radical (unpaired) electrons. The number of rotatable bonds is 4. The Morgan fingerprint density at radius 1 is 1.30 bits per heavy atom. The predicted molar refractivity (Wildman–Crippen MR) is 65.2 cm³/mol. The van der Waals surface area contributed by atoms with E-state index in [0.717, 1.165) is 12.1 Å². The van der Waals surface area contributed by atoms with Crippen LogP contribution in [0.5, 0.6) is 5.75 Å². The number of pyridine rings is 1. The summed E-state index contributed by atoms with van der Waals surface area (Å²) in [6.45, 7) is -3.11. The Morgan fingerprint density at radius 2 is 2.10 bits per heavy atom. The largest absolute Gasteiger partial charge is 0.432 e. The lowest BCUT2D eigenvalue weighted by Crippen LogP contribution is -2.12. The van der Waals surface area contributed by atoms with Crippen LogP contribution in [-0.4, -0.2) is 17.5 Å². The molecule has 1 heterocycles. The zero-order chi connectivity index (χ0) is 14.5. The Balaban J connectivity index is 2.11. The first-order valence-electron chi connectivity index (χ1n) is 5.52. The number of amides is 1. The molecular weight excluding hydrogens is 273 g/mol. The Bertz CT molecular complexity index is 606. The smallest absolute Gasteiger partial charge is 0.387 e. The van der Waals surface area contributed by atoms with Crippen molar-refractivity contribution in [3.63, 3.8) is 0 Å². The van der Waals surface area contributed by atoms with Gasteiger partial charge in [0.1, 0.15) is 0 Å². The van der Waals surface area contributed by atoms with Crippen LogP contribution in [0.3, 0.4) is 0 Å². The summed E-state index contributed by atoms with van der Waals surface area (Å²) in [5, 5.41) is 2.42. The van der Waals surface area contributed by atoms with E-state index in [4.69, 9.17) is 0 Å². The van der Waals surface area contributed by atoms with E-state index < -0.39 is 24.1 Å². The first kappa shape index (κ1) is 13.9. The number of nitrogens with zero attached hydrogens (tertiary/aromatic N) is 1. The van der Waals surface area contributed by atoms with Gasteiger partial charge in [-0.15, -0.1) is 0 Å². The van der Waals surface area contributed by atoms with Crippen molar-refractivity contribution in [1.82, 2.24) is 4.98 Å². The second kappa shape index (κ2) is 6.05. The van der Waals surface area contributed by atoms with Crippen molar-refractivity contribution in [2.24, 2.45) is 0 Å². The van der Waals surface area contributed by atoms with Crippen LogP contribution in [0.1, 0.15) is 10.4 Å². The average molecular weight is 282 g/mol. The third-order valence-electron chi connectivity index (χ3n) is 2.33. The standard InChI is InChI=1S/C13H9F3N2O2/c14-10-6-9(3-4-11(10)20-13(15)16)18-12(19)8-2-1-5-17-7-8/h1-7,13H,(H,18,19). The molecule has 0 saturated carbocycles. The lowest BCUT2D eigenvalue weighted by molar-refractivity contribution is -0.0521. The highest BCUT2D eigenvalue weighted by Crippen LogP contribution is 2.23. The number of hydrogen-bond acceptors (Lipinski definition) is 3. The van der Waals surface area contributed by atoms with Gasteiger partial charge in [0.2, 0.25) is 0 Å². The number of alkyl halides is 2. The minimum absolute atomic E-state index is 0.123. The Kier molecular flexibility index (Phi) is 4.19. The number of aromatic nitrogens is 1. The van der Waals surface area contributed by atoms with Crippen molar-refractivity contribution in [3.05, 3.63) is 54.1 Å². The van der Waals surface area contributed by atoms with Gasteiger partial charge < -0.3 is 10.1 Å². The van der Waals surface area contributed by atoms with E-state index in [1.165, 1.54) is 24.5 Å². The van der Waals surface area contributed by atoms with Crippen LogP contribution in [0.25, 0.3) is 0 Å². The van der Waals surface area contributed by atoms with Crippen molar-refractivity contribution in [2.75, 3.05) is 5.32 Å². The van der Waals surface area contributed by atoms with Crippen molar-refractivity contribution in [1.29, 1.82) is 0 Å². The molecule has 0 bridgehead atoms. The molecule has 0 atom stereocenters. The summed E-state index contributed by atoms with van der Waals surface area (Å²) in [6.07, 6.45) is 2.85. The molecule has 20 heavy (non-hydrogen) atoms. The van der Waals surface area contributed by atoms with Crippen molar-refractivity contribution >= 4 is 11.6 Å². The van der Waals surface area contributed by atoms with Crippen LogP contribution < -0.4 is 10.1 Å². The van der Waals surface area contributed by atoms with Crippen LogP contribution in [0, 0.1) is 5.82 Å². The van der Waals surface area contributed by atoms with Gasteiger partial charge in [0.05, 0.1) is 5.56 Å². The highest BCUT2D eigenvalue weighted by molar-refractivity contribution is 6.04. The molecule has 0 aliphatic rings. The van der Waals surface area contributed by atoms with Crippen molar-refractivity contribution in [3.8, 4) is 5.75 Å². The Hall–Kier alpha value is -2.57. The van der Waals surface area contributed by atoms with Gasteiger partial charge in [-0.3, -0.25) is 9.78 Å². The number of carbonyl (C=O) groups excluding carboxylic acids is 1. The summed E-state index contributed by atoms with van der Waals surface area (Å²) >= 11 is 0. The van der Waals surface area contributed by atoms with E-state index in [2.05, 4.69) is 15.0 Å². The third kappa shape index (κ3) is 3.47. The van der Waals surface area contributed by atoms with Crippen LogP contribution in [0.15, 0.2) is 42.7 Å². The fourth-order valence-corrected chi connectivity index (χ4v) is 1.47. The van der Waals surface area contributed by atoms with E-state index in [9.17, 15) is 18.0 Å². The van der Waals surface area contributed by atoms with Crippen LogP contribution in [-0.2, 0) is 0 Å². The second-order valence-electron chi connectivity index (χ2n) is 3.72. The van der Waals surface area contributed by atoms with Crippen LogP contribution >= 0.6 is 0 Å². The minimum Gasteiger partial charge on any atom is -0.432 e. The molecule has 0 aliphatic heterocycles. The lowest BCUT2D eigenvalue weighted by Gasteiger charge is -2.08. The summed E-state index contributed by atoms with van der Waals surface area (Å²) in [7, 11) is 0. The summed E-state index contributed by atoms with van der Waals surface area (Å²) in [5.74, 6) is -2.06. The van der Waals surface area contributed by atoms with E-state index in [-0.39, 0.29) is 5.69 Å². The van der Waals surface area contributed by atoms with Gasteiger partial charge in [-0.1, -0.05) is 0 Å². The Labute approximate surface area is 112 Å². The normalized spacial score (nSPS) is 10.4. The van der Waals surface area contributed by atoms with E-state index >= 15 is 0 Å². The minimum atomic E-state index is -3.11. The van der Waals surface area contributed by atoms with Crippen LogP contribution in [0.2, 0.25) is 0 Å². The molecule has 1 amide bonds. The number of nitrogens with one attached hydrogen (secondary N) is 1. The maximum Gasteiger partial charge on any atom is 0.387 e. The number of carbonyl (C=O) groups is 1. The monoisotopic (exact) mass is 282 g/mol. The molecule has 7 heteroatoms. The van der Waals surface area contributed by atoms with Crippen molar-refractivity contribution < 1.29 is 22.7 Å². The number of anilines is 1. The highest BCUT2D eigenvalue weighted by Gasteiger charge is 2.12. The zero-order valence-corrected chi connectivity index (χ0v) is 10.0. The number of hydrogen-bond donors (Lipinski definition) is 1. The van der Waals surface area contributed by atoms with Crippen LogP contribution in [0.4, 0.5) is 18.9 Å². The van der Waals surface area contributed by atoms with E-state index in [0.29, 0.717) is 5.56 Å². The molecule has 0 saturated heterocycles. The molecule has 104 valence electrons. The molecule has 0 unspecified atom stereocenters. The Morgan fingerprint density at radius 3 is 2.70 bits per heavy atom. The van der Waals surface area contributed by atoms with Gasteiger partial charge in [-0.25, -0.2) is 4.39 Å². The summed E-state index contributed by atoms with van der Waals surface area (Å²) in [4.78, 5) is 15.5. The SMILES string of the molecule is O=C(Nc1ccc(OC(F)F)c(F)c1)c1cccnc1. The molecule has 1 aromatic carbocycles. The fraction of sp³-hybridized carbons (Fsp3) is 0.0769. The van der Waals surface area contributed by atoms with Gasteiger partial charge in [0, 0.05) is 24.1 Å². The molecule has 2 rings (SSSR count). The summed E-state index contributed by atoms with van der Waals surface area (Å²) in [6, 6.07) is 6.28. The molecule has 4 nitrogen and oxygen atoms in total. The lowest BCUT2D eigenvalue weighted by atomic mass is 10.2. The van der Waals surface area contributed by atoms with Gasteiger partial charge >= 0.3 is 6.61 Å². The fourth-order valence-electron chi connectivity index (χ4n) is 1.47. The topological polar surface area (TPSA) is 51.2 Å². The summed E-state index contributed by atoms with van der Waals surface area (Å²) in [5.41, 5.74) is 0.416. The first-order chi connectivity index (χ1) is 9.56. The number of benzene rings is 1.